The molecule has 4 aliphatic rings. The molecule has 2 heterocycles. The Labute approximate surface area is 616 Å². The largest absolute Gasteiger partial charge is 0.311 e. The molecule has 2 aliphatic heterocycles. The SMILES string of the molecule is CC(C)(C)c1ccc(-c2ccc3c(c2)B2c4ccc(-c5cccc6c5C5(c7ccccc7-c7ccccc75)c5ccccc5-6)cc4N(c4ccc(C(C)(C)C)cc4-c4ccccc4)c4cc(-c5cc(C(C)(C)C)cc(C(C)(C)C)c5)cc(c42)N3c2c(-c3ccccc3)cccc2-c2ccccc2)cc1. The van der Waals surface area contributed by atoms with Crippen molar-refractivity contribution in [2.24, 2.45) is 0 Å². The van der Waals surface area contributed by atoms with Crippen molar-refractivity contribution in [1.29, 1.82) is 0 Å². The minimum absolute atomic E-state index is 0.000718. The molecule has 14 aromatic carbocycles. The minimum Gasteiger partial charge on any atom is -0.311 e. The highest BCUT2D eigenvalue weighted by Crippen LogP contribution is 2.65. The Balaban J connectivity index is 1.01. The van der Waals surface area contributed by atoms with Crippen LogP contribution in [0.3, 0.4) is 0 Å². The van der Waals surface area contributed by atoms with E-state index in [1.165, 1.54) is 122 Å². The van der Waals surface area contributed by atoms with Gasteiger partial charge in [0.2, 0.25) is 0 Å². The van der Waals surface area contributed by atoms with Gasteiger partial charge in [-0.1, -0.05) is 356 Å². The summed E-state index contributed by atoms with van der Waals surface area (Å²) < 4.78 is 0. The van der Waals surface area contributed by atoms with Crippen LogP contribution in [0, 0.1) is 0 Å². The lowest BCUT2D eigenvalue weighted by molar-refractivity contribution is 0.569. The predicted molar refractivity (Wildman–Crippen MR) is 444 cm³/mol. The quantitative estimate of drug-likeness (QED) is 0.140. The van der Waals surface area contributed by atoms with E-state index in [4.69, 9.17) is 0 Å². The molecule has 0 unspecified atom stereocenters. The molecule has 0 aromatic heterocycles. The standard InChI is InChI=1S/C101H87BN2/c1-97(2,3)72-50-46-64(47-51-72)68-49-54-90-88(58-68)102-87-53-48-69(76-39-28-42-82-81-38-24-27-45-86(81)101(94(76)82)84-43-25-22-36-79(84)80-37-23-26-44-85(80)101)59-91(87)103(89-55-52-73(98(4,5)6)63-83(89)67-34-20-15-21-35-67)92-60-71(70-56-74(99(7,8)9)62-75(57-70)100(10,11)12)61-93(95(92)102)104(90)96-77(65-30-16-13-17-31-65)40-29-41-78(96)66-32-18-14-19-33-66/h13-63H,1-12H3. The van der Waals surface area contributed by atoms with E-state index >= 15 is 0 Å². The lowest BCUT2D eigenvalue weighted by Crippen LogP contribution is -2.61. The van der Waals surface area contributed by atoms with Crippen molar-refractivity contribution in [2.75, 3.05) is 9.80 Å². The molecule has 2 aliphatic carbocycles. The maximum Gasteiger partial charge on any atom is 0.252 e. The fourth-order valence-corrected chi connectivity index (χ4v) is 17.8. The summed E-state index contributed by atoms with van der Waals surface area (Å²) in [5.74, 6) is 0. The molecule has 1 spiro atoms. The molecular weight excluding hydrogens is 1250 g/mol. The van der Waals surface area contributed by atoms with Gasteiger partial charge in [-0.3, -0.25) is 0 Å². The number of anilines is 6. The second-order valence-electron chi connectivity index (χ2n) is 33.6. The Morgan fingerprint density at radius 3 is 1.18 bits per heavy atom. The van der Waals surface area contributed by atoms with Gasteiger partial charge >= 0.3 is 0 Å². The molecule has 18 rings (SSSR count). The van der Waals surface area contributed by atoms with Crippen LogP contribution in [0.2, 0.25) is 0 Å². The number of fused-ring (bicyclic) bond motifs is 14. The van der Waals surface area contributed by atoms with Gasteiger partial charge in [-0.05, 0) is 191 Å². The number of benzene rings is 14. The van der Waals surface area contributed by atoms with E-state index in [0.29, 0.717) is 0 Å². The van der Waals surface area contributed by atoms with E-state index in [1.807, 2.05) is 0 Å². The van der Waals surface area contributed by atoms with Gasteiger partial charge in [0.15, 0.2) is 0 Å². The van der Waals surface area contributed by atoms with E-state index < -0.39 is 5.41 Å². The van der Waals surface area contributed by atoms with Gasteiger partial charge in [-0.2, -0.15) is 0 Å². The summed E-state index contributed by atoms with van der Waals surface area (Å²) in [5, 5.41) is 0. The van der Waals surface area contributed by atoms with Crippen LogP contribution in [0.4, 0.5) is 34.1 Å². The number of rotatable bonds is 8. The molecule has 0 saturated carbocycles. The van der Waals surface area contributed by atoms with Crippen molar-refractivity contribution in [3.63, 3.8) is 0 Å². The summed E-state index contributed by atoms with van der Waals surface area (Å²) in [4.78, 5) is 5.42. The summed E-state index contributed by atoms with van der Waals surface area (Å²) in [6.45, 7) is 27.9. The Morgan fingerprint density at radius 2 is 0.644 bits per heavy atom. The molecule has 0 fully saturated rings. The lowest BCUT2D eigenvalue weighted by Gasteiger charge is -2.46. The van der Waals surface area contributed by atoms with E-state index in [1.54, 1.807) is 0 Å². The zero-order valence-electron chi connectivity index (χ0n) is 61.9. The summed E-state index contributed by atoms with van der Waals surface area (Å²) >= 11 is 0. The first-order valence-electron chi connectivity index (χ1n) is 37.3. The Morgan fingerprint density at radius 1 is 0.231 bits per heavy atom. The van der Waals surface area contributed by atoms with Crippen molar-refractivity contribution in [3.8, 4) is 89.0 Å². The van der Waals surface area contributed by atoms with Crippen molar-refractivity contribution >= 4 is 57.2 Å². The molecule has 0 amide bonds. The predicted octanol–water partition coefficient (Wildman–Crippen LogP) is 25.3. The van der Waals surface area contributed by atoms with Crippen LogP contribution in [0.1, 0.15) is 128 Å². The first-order valence-corrected chi connectivity index (χ1v) is 37.3. The second kappa shape index (κ2) is 23.9. The van der Waals surface area contributed by atoms with E-state index in [0.717, 1.165) is 61.9 Å². The number of hydrogen-bond acceptors (Lipinski definition) is 2. The lowest BCUT2D eigenvalue weighted by atomic mass is 9.33. The molecule has 0 N–H and O–H groups in total. The zero-order valence-corrected chi connectivity index (χ0v) is 61.9. The summed E-state index contributed by atoms with van der Waals surface area (Å²) in [7, 11) is 0. The first kappa shape index (κ1) is 64.8. The third-order valence-electron chi connectivity index (χ3n) is 23.1. The second-order valence-corrected chi connectivity index (χ2v) is 33.6. The highest BCUT2D eigenvalue weighted by molar-refractivity contribution is 7.00. The highest BCUT2D eigenvalue weighted by Gasteiger charge is 2.53. The van der Waals surface area contributed by atoms with Crippen molar-refractivity contribution in [2.45, 2.75) is 110 Å². The molecule has 104 heavy (non-hydrogen) atoms. The fourth-order valence-electron chi connectivity index (χ4n) is 17.8. The van der Waals surface area contributed by atoms with Crippen LogP contribution in [0.15, 0.2) is 309 Å². The van der Waals surface area contributed by atoms with Crippen LogP contribution in [-0.4, -0.2) is 6.71 Å². The molecule has 0 saturated heterocycles. The highest BCUT2D eigenvalue weighted by atomic mass is 15.2. The van der Waals surface area contributed by atoms with Crippen LogP contribution in [0.25, 0.3) is 89.0 Å². The van der Waals surface area contributed by atoms with Gasteiger partial charge in [0.25, 0.3) is 6.71 Å². The van der Waals surface area contributed by atoms with E-state index in [9.17, 15) is 0 Å². The third-order valence-corrected chi connectivity index (χ3v) is 23.1. The number of nitrogens with zero attached hydrogens (tertiary/aromatic N) is 2. The van der Waals surface area contributed by atoms with Crippen LogP contribution in [0.5, 0.6) is 0 Å². The zero-order chi connectivity index (χ0) is 71.3. The first-order chi connectivity index (χ1) is 50.1. The van der Waals surface area contributed by atoms with Crippen LogP contribution >= 0.6 is 0 Å². The summed E-state index contributed by atoms with van der Waals surface area (Å²) in [6.07, 6.45) is 0. The van der Waals surface area contributed by atoms with Gasteiger partial charge in [0.05, 0.1) is 16.8 Å². The number of para-hydroxylation sites is 1. The van der Waals surface area contributed by atoms with Crippen molar-refractivity contribution in [3.05, 3.63) is 354 Å². The normalized spacial score (nSPS) is 13.8. The van der Waals surface area contributed by atoms with Gasteiger partial charge < -0.3 is 9.80 Å². The van der Waals surface area contributed by atoms with Gasteiger partial charge in [0, 0.05) is 39.4 Å². The van der Waals surface area contributed by atoms with Crippen LogP contribution < -0.4 is 26.2 Å². The molecule has 3 heteroatoms. The Hall–Kier alpha value is -11.3. The van der Waals surface area contributed by atoms with Gasteiger partial charge in [-0.15, -0.1) is 0 Å². The van der Waals surface area contributed by atoms with E-state index in [-0.39, 0.29) is 28.4 Å². The van der Waals surface area contributed by atoms with Gasteiger partial charge in [-0.25, -0.2) is 0 Å². The number of hydrogen-bond donors (Lipinski definition) is 0. The average Bonchev–Trinajstić information content (AvgIpc) is 1.43. The van der Waals surface area contributed by atoms with Crippen LogP contribution in [-0.2, 0) is 27.1 Å². The molecule has 504 valence electrons. The Kier molecular flexibility index (Phi) is 14.9. The molecule has 14 aromatic rings. The fraction of sp³-hybridized carbons (Fsp3) is 0.168. The van der Waals surface area contributed by atoms with E-state index in [2.05, 4.69) is 402 Å². The summed E-state index contributed by atoms with van der Waals surface area (Å²) in [6, 6.07) is 120. The maximum absolute atomic E-state index is 2.72. The van der Waals surface area contributed by atoms with Crippen molar-refractivity contribution in [1.82, 2.24) is 0 Å². The van der Waals surface area contributed by atoms with Crippen molar-refractivity contribution < 1.29 is 0 Å². The third kappa shape index (κ3) is 10.3. The topological polar surface area (TPSA) is 6.48 Å². The minimum atomic E-state index is -0.569. The van der Waals surface area contributed by atoms with Gasteiger partial charge in [0.1, 0.15) is 0 Å². The molecule has 0 bridgehead atoms. The summed E-state index contributed by atoms with van der Waals surface area (Å²) in [5.41, 5.74) is 39.5. The smallest absolute Gasteiger partial charge is 0.252 e. The monoisotopic (exact) mass is 1340 g/mol. The Bertz CT molecular complexity index is 5620. The average molecular weight is 1340 g/mol. The molecular formula is C101H87BN2. The maximum atomic E-state index is 2.72. The molecule has 0 radical (unpaired) electrons. The molecule has 2 nitrogen and oxygen atoms in total. The molecule has 0 atom stereocenters.